The number of rotatable bonds is 3. The van der Waals surface area contributed by atoms with Crippen LogP contribution >= 0.6 is 0 Å². The molecular formula is C20H20N2O. The predicted molar refractivity (Wildman–Crippen MR) is 92.7 cm³/mol. The molecule has 0 aliphatic carbocycles. The van der Waals surface area contributed by atoms with Gasteiger partial charge in [0.2, 0.25) is 11.8 Å². The first-order valence-corrected chi connectivity index (χ1v) is 7.70. The molecule has 116 valence electrons. The lowest BCUT2D eigenvalue weighted by Crippen LogP contribution is -2.02. The van der Waals surface area contributed by atoms with Crippen LogP contribution in [0.15, 0.2) is 71.2 Å². The minimum absolute atomic E-state index is 0.00650. The first-order chi connectivity index (χ1) is 11.0. The van der Waals surface area contributed by atoms with Crippen LogP contribution in [0.1, 0.15) is 32.2 Å². The minimum Gasteiger partial charge on any atom is -0.416 e. The van der Waals surface area contributed by atoms with Crippen molar-refractivity contribution in [3.63, 3.8) is 0 Å². The van der Waals surface area contributed by atoms with Gasteiger partial charge in [-0.3, -0.25) is 0 Å². The summed E-state index contributed by atoms with van der Waals surface area (Å²) in [5, 5.41) is 8.47. The van der Waals surface area contributed by atoms with E-state index in [4.69, 9.17) is 4.42 Å². The van der Waals surface area contributed by atoms with Gasteiger partial charge in [-0.2, -0.15) is 0 Å². The lowest BCUT2D eigenvalue weighted by atomic mass is 9.91. The molecule has 1 aromatic heterocycles. The van der Waals surface area contributed by atoms with Crippen LogP contribution in [0.25, 0.3) is 17.0 Å². The lowest BCUT2D eigenvalue weighted by Gasteiger charge is -2.14. The van der Waals surface area contributed by atoms with Gasteiger partial charge in [0.05, 0.1) is 0 Å². The Morgan fingerprint density at radius 1 is 0.870 bits per heavy atom. The Kier molecular flexibility index (Phi) is 4.11. The van der Waals surface area contributed by atoms with Crippen molar-refractivity contribution in [2.24, 2.45) is 5.41 Å². The van der Waals surface area contributed by atoms with E-state index in [0.29, 0.717) is 11.8 Å². The van der Waals surface area contributed by atoms with E-state index in [1.165, 1.54) is 0 Å². The smallest absolute Gasteiger partial charge is 0.248 e. The highest BCUT2D eigenvalue weighted by molar-refractivity contribution is 5.76. The Labute approximate surface area is 136 Å². The average Bonchev–Trinajstić information content (AvgIpc) is 3.03. The number of nitrogens with zero attached hydrogens (tertiary/aromatic N) is 2. The van der Waals surface area contributed by atoms with E-state index in [1.54, 1.807) is 0 Å². The Morgan fingerprint density at radius 2 is 1.48 bits per heavy atom. The SMILES string of the molecule is CC(C)(C)/C=C(\c1ccccc1)c1nnc(-c2ccccc2)o1. The molecule has 3 aromatic rings. The summed E-state index contributed by atoms with van der Waals surface area (Å²) in [6, 6.07) is 20.0. The van der Waals surface area contributed by atoms with Gasteiger partial charge in [-0.1, -0.05) is 75.4 Å². The molecule has 1 heterocycles. The van der Waals surface area contributed by atoms with Crippen LogP contribution in [0.3, 0.4) is 0 Å². The van der Waals surface area contributed by atoms with Crippen LogP contribution in [-0.4, -0.2) is 10.2 Å². The Hall–Kier alpha value is -2.68. The van der Waals surface area contributed by atoms with Crippen molar-refractivity contribution in [3.8, 4) is 11.5 Å². The maximum Gasteiger partial charge on any atom is 0.248 e. The summed E-state index contributed by atoms with van der Waals surface area (Å²) in [5.41, 5.74) is 2.97. The molecule has 0 radical (unpaired) electrons. The highest BCUT2D eigenvalue weighted by Crippen LogP contribution is 2.30. The fourth-order valence-electron chi connectivity index (χ4n) is 2.35. The number of benzene rings is 2. The Morgan fingerprint density at radius 3 is 2.09 bits per heavy atom. The monoisotopic (exact) mass is 304 g/mol. The van der Waals surface area contributed by atoms with Crippen LogP contribution in [0.4, 0.5) is 0 Å². The molecule has 3 rings (SSSR count). The van der Waals surface area contributed by atoms with Gasteiger partial charge in [0.25, 0.3) is 0 Å². The van der Waals surface area contributed by atoms with Gasteiger partial charge >= 0.3 is 0 Å². The topological polar surface area (TPSA) is 38.9 Å². The van der Waals surface area contributed by atoms with Crippen LogP contribution < -0.4 is 0 Å². The molecule has 0 aliphatic rings. The van der Waals surface area contributed by atoms with Crippen molar-refractivity contribution < 1.29 is 4.42 Å². The molecular weight excluding hydrogens is 284 g/mol. The van der Waals surface area contributed by atoms with Gasteiger partial charge in [0.1, 0.15) is 0 Å². The van der Waals surface area contributed by atoms with Gasteiger partial charge < -0.3 is 4.42 Å². The first-order valence-electron chi connectivity index (χ1n) is 7.70. The molecule has 0 unspecified atom stereocenters. The second kappa shape index (κ2) is 6.21. The molecule has 0 amide bonds. The molecule has 3 nitrogen and oxygen atoms in total. The average molecular weight is 304 g/mol. The predicted octanol–water partition coefficient (Wildman–Crippen LogP) is 5.21. The van der Waals surface area contributed by atoms with Crippen LogP contribution in [0.5, 0.6) is 0 Å². The molecule has 0 spiro atoms. The third kappa shape index (κ3) is 3.75. The molecule has 0 aliphatic heterocycles. The zero-order valence-corrected chi connectivity index (χ0v) is 13.7. The summed E-state index contributed by atoms with van der Waals surface area (Å²) in [5.74, 6) is 1.08. The molecule has 0 atom stereocenters. The largest absolute Gasteiger partial charge is 0.416 e. The Balaban J connectivity index is 2.05. The van der Waals surface area contributed by atoms with E-state index < -0.39 is 0 Å². The molecule has 0 saturated heterocycles. The minimum atomic E-state index is 0.00650. The van der Waals surface area contributed by atoms with E-state index in [2.05, 4.69) is 49.2 Å². The van der Waals surface area contributed by atoms with Crippen molar-refractivity contribution in [2.45, 2.75) is 20.8 Å². The van der Waals surface area contributed by atoms with Gasteiger partial charge in [0, 0.05) is 11.1 Å². The summed E-state index contributed by atoms with van der Waals surface area (Å²) < 4.78 is 5.94. The zero-order valence-electron chi connectivity index (χ0n) is 13.7. The van der Waals surface area contributed by atoms with Gasteiger partial charge in [-0.15, -0.1) is 10.2 Å². The quantitative estimate of drug-likeness (QED) is 0.666. The molecule has 0 fully saturated rings. The van der Waals surface area contributed by atoms with Crippen molar-refractivity contribution >= 4 is 5.57 Å². The van der Waals surface area contributed by atoms with E-state index in [0.717, 1.165) is 16.7 Å². The summed E-state index contributed by atoms with van der Waals surface area (Å²) in [4.78, 5) is 0. The van der Waals surface area contributed by atoms with Crippen LogP contribution in [-0.2, 0) is 0 Å². The molecule has 0 N–H and O–H groups in total. The molecule has 23 heavy (non-hydrogen) atoms. The van der Waals surface area contributed by atoms with E-state index in [1.807, 2.05) is 48.5 Å². The summed E-state index contributed by atoms with van der Waals surface area (Å²) >= 11 is 0. The third-order valence-electron chi connectivity index (χ3n) is 3.34. The second-order valence-corrected chi connectivity index (χ2v) is 6.57. The van der Waals surface area contributed by atoms with E-state index in [9.17, 15) is 0 Å². The Bertz CT molecular complexity index is 796. The fraction of sp³-hybridized carbons (Fsp3) is 0.200. The molecule has 0 saturated carbocycles. The van der Waals surface area contributed by atoms with Crippen molar-refractivity contribution in [1.29, 1.82) is 0 Å². The third-order valence-corrected chi connectivity index (χ3v) is 3.34. The molecule has 2 aromatic carbocycles. The van der Waals surface area contributed by atoms with Crippen LogP contribution in [0.2, 0.25) is 0 Å². The number of hydrogen-bond acceptors (Lipinski definition) is 3. The van der Waals surface area contributed by atoms with Crippen molar-refractivity contribution in [1.82, 2.24) is 10.2 Å². The second-order valence-electron chi connectivity index (χ2n) is 6.57. The number of hydrogen-bond donors (Lipinski definition) is 0. The molecule has 0 bridgehead atoms. The van der Waals surface area contributed by atoms with Crippen molar-refractivity contribution in [2.75, 3.05) is 0 Å². The first kappa shape index (κ1) is 15.2. The fourth-order valence-corrected chi connectivity index (χ4v) is 2.35. The number of allylic oxidation sites excluding steroid dienone is 1. The van der Waals surface area contributed by atoms with Gasteiger partial charge in [0.15, 0.2) is 0 Å². The maximum absolute atomic E-state index is 5.94. The lowest BCUT2D eigenvalue weighted by molar-refractivity contribution is 0.532. The summed E-state index contributed by atoms with van der Waals surface area (Å²) in [6.45, 7) is 6.47. The highest BCUT2D eigenvalue weighted by atomic mass is 16.4. The standard InChI is InChI=1S/C20H20N2O/c1-20(2,3)14-17(15-10-6-4-7-11-15)19-22-21-18(23-19)16-12-8-5-9-13-16/h4-14H,1-3H3/b17-14+. The number of aromatic nitrogens is 2. The maximum atomic E-state index is 5.94. The zero-order chi connectivity index (χ0) is 16.3. The normalized spacial score (nSPS) is 12.4. The van der Waals surface area contributed by atoms with Gasteiger partial charge in [-0.05, 0) is 23.1 Å². The van der Waals surface area contributed by atoms with E-state index in [-0.39, 0.29) is 5.41 Å². The van der Waals surface area contributed by atoms with Crippen LogP contribution in [0, 0.1) is 5.41 Å². The van der Waals surface area contributed by atoms with Crippen molar-refractivity contribution in [3.05, 3.63) is 78.2 Å². The summed E-state index contributed by atoms with van der Waals surface area (Å²) in [7, 11) is 0. The van der Waals surface area contributed by atoms with Gasteiger partial charge in [-0.25, -0.2) is 0 Å². The van der Waals surface area contributed by atoms with E-state index >= 15 is 0 Å². The highest BCUT2D eigenvalue weighted by Gasteiger charge is 2.17. The summed E-state index contributed by atoms with van der Waals surface area (Å²) in [6.07, 6.45) is 2.17. The molecule has 3 heteroatoms.